The third-order valence-corrected chi connectivity index (χ3v) is 10.5. The lowest BCUT2D eigenvalue weighted by atomic mass is 9.64. The van der Waals surface area contributed by atoms with Gasteiger partial charge in [-0.3, -0.25) is 0 Å². The summed E-state index contributed by atoms with van der Waals surface area (Å²) in [5.74, 6) is 0.489. The van der Waals surface area contributed by atoms with Crippen LogP contribution in [0.5, 0.6) is 0 Å². The molecular weight excluding hydrogens is 565 g/mol. The van der Waals surface area contributed by atoms with Gasteiger partial charge in [-0.15, -0.1) is 0 Å². The molecule has 0 aliphatic heterocycles. The Hall–Kier alpha value is -5.46. The lowest BCUT2D eigenvalue weighted by Gasteiger charge is -2.37. The van der Waals surface area contributed by atoms with Crippen LogP contribution in [0.1, 0.15) is 63.3 Å². The predicted octanol–water partition coefficient (Wildman–Crippen LogP) is 12.1. The zero-order valence-corrected chi connectivity index (χ0v) is 27.1. The maximum Gasteiger partial charge on any atom is 0.0716 e. The van der Waals surface area contributed by atoms with Crippen LogP contribution in [0.2, 0.25) is 0 Å². The van der Waals surface area contributed by atoms with Gasteiger partial charge in [0.2, 0.25) is 0 Å². The largest absolute Gasteiger partial charge is 0.0985 e. The highest BCUT2D eigenvalue weighted by Crippen LogP contribution is 2.61. The zero-order valence-electron chi connectivity index (χ0n) is 27.1. The highest BCUT2D eigenvalue weighted by Gasteiger charge is 2.50. The van der Waals surface area contributed by atoms with Gasteiger partial charge in [-0.05, 0) is 96.8 Å². The SMILES string of the molecule is C=Cc1ccc(C2C=CC=C(c3cc4c(c(-c5ccccc5)c3C)C3(C(=C)C=CC(C)c5ccccc53)c3ccccc3-4)C=C2)cc1. The standard InChI is InChI=1S/C47H38/c1-5-34-24-26-36(27-25-34)35-16-13-17-37(29-28-35)41-30-42-40-19-10-12-21-44(40)47(46(42)45(33(41)4)38-14-7-6-8-15-38)32(3)23-22-31(2)39-18-9-11-20-43(39)47/h5-31,35H,1,3H2,2,4H3. The molecule has 3 aliphatic carbocycles. The van der Waals surface area contributed by atoms with E-state index in [1.54, 1.807) is 0 Å². The van der Waals surface area contributed by atoms with E-state index < -0.39 is 5.41 Å². The van der Waals surface area contributed by atoms with Crippen LogP contribution in [0.15, 0.2) is 170 Å². The van der Waals surface area contributed by atoms with E-state index in [0.717, 1.165) is 11.1 Å². The predicted molar refractivity (Wildman–Crippen MR) is 201 cm³/mol. The molecule has 3 atom stereocenters. The highest BCUT2D eigenvalue weighted by molar-refractivity contribution is 5.98. The third kappa shape index (κ3) is 4.43. The van der Waals surface area contributed by atoms with Gasteiger partial charge in [0.1, 0.15) is 0 Å². The smallest absolute Gasteiger partial charge is 0.0716 e. The van der Waals surface area contributed by atoms with Crippen molar-refractivity contribution in [3.8, 4) is 22.3 Å². The van der Waals surface area contributed by atoms with Crippen molar-refractivity contribution in [1.82, 2.24) is 0 Å². The minimum atomic E-state index is -0.505. The maximum absolute atomic E-state index is 4.85. The molecule has 0 heteroatoms. The molecule has 5 aromatic carbocycles. The molecule has 0 heterocycles. The Bertz CT molecular complexity index is 2180. The van der Waals surface area contributed by atoms with E-state index in [0.29, 0.717) is 0 Å². The Morgan fingerprint density at radius 3 is 2.21 bits per heavy atom. The fraction of sp³-hybridized carbons (Fsp3) is 0.106. The van der Waals surface area contributed by atoms with Gasteiger partial charge in [-0.1, -0.05) is 172 Å². The molecule has 1 spiro atoms. The van der Waals surface area contributed by atoms with Gasteiger partial charge in [0.25, 0.3) is 0 Å². The monoisotopic (exact) mass is 602 g/mol. The Kier molecular flexibility index (Phi) is 7.03. The normalized spacial score (nSPS) is 20.6. The second-order valence-corrected chi connectivity index (χ2v) is 13.0. The zero-order chi connectivity index (χ0) is 32.1. The summed E-state index contributed by atoms with van der Waals surface area (Å²) in [6.07, 6.45) is 17.9. The number of fused-ring (bicyclic) bond motifs is 7. The van der Waals surface area contributed by atoms with Crippen molar-refractivity contribution in [3.63, 3.8) is 0 Å². The molecule has 0 saturated carbocycles. The summed E-state index contributed by atoms with van der Waals surface area (Å²) < 4.78 is 0. The summed E-state index contributed by atoms with van der Waals surface area (Å²) in [5, 5.41) is 0. The van der Waals surface area contributed by atoms with E-state index in [2.05, 4.69) is 172 Å². The lowest BCUT2D eigenvalue weighted by molar-refractivity contribution is 0.759. The van der Waals surface area contributed by atoms with Crippen LogP contribution < -0.4 is 0 Å². The molecule has 47 heavy (non-hydrogen) atoms. The Labute approximate surface area is 279 Å². The van der Waals surface area contributed by atoms with Crippen molar-refractivity contribution in [3.05, 3.63) is 215 Å². The molecule has 226 valence electrons. The average Bonchev–Trinajstić information content (AvgIpc) is 3.22. The molecule has 0 nitrogen and oxygen atoms in total. The topological polar surface area (TPSA) is 0 Å². The fourth-order valence-electron chi connectivity index (χ4n) is 8.20. The molecule has 0 bridgehead atoms. The highest BCUT2D eigenvalue weighted by atomic mass is 14.5. The Morgan fingerprint density at radius 1 is 0.702 bits per heavy atom. The number of hydrogen-bond acceptors (Lipinski definition) is 0. The number of benzene rings is 5. The number of rotatable bonds is 4. The van der Waals surface area contributed by atoms with Crippen molar-refractivity contribution in [2.75, 3.05) is 0 Å². The van der Waals surface area contributed by atoms with Crippen LogP contribution in [-0.2, 0) is 5.41 Å². The molecule has 0 aromatic heterocycles. The van der Waals surface area contributed by atoms with Gasteiger partial charge in [0, 0.05) is 5.92 Å². The maximum atomic E-state index is 4.85. The number of hydrogen-bond donors (Lipinski definition) is 0. The van der Waals surface area contributed by atoms with Crippen LogP contribution in [0, 0.1) is 6.92 Å². The van der Waals surface area contributed by atoms with Crippen molar-refractivity contribution in [2.24, 2.45) is 0 Å². The first-order valence-electron chi connectivity index (χ1n) is 16.6. The first-order chi connectivity index (χ1) is 23.0. The van der Waals surface area contributed by atoms with E-state index in [-0.39, 0.29) is 11.8 Å². The average molecular weight is 603 g/mol. The van der Waals surface area contributed by atoms with E-state index in [1.165, 1.54) is 66.8 Å². The summed E-state index contributed by atoms with van der Waals surface area (Å²) in [5.41, 5.74) is 17.2. The molecule has 0 radical (unpaired) electrons. The summed E-state index contributed by atoms with van der Waals surface area (Å²) in [6.45, 7) is 13.4. The van der Waals surface area contributed by atoms with Gasteiger partial charge >= 0.3 is 0 Å². The van der Waals surface area contributed by atoms with Gasteiger partial charge in [-0.2, -0.15) is 0 Å². The molecule has 8 rings (SSSR count). The second kappa shape index (κ2) is 11.4. The molecule has 3 aliphatic rings. The second-order valence-electron chi connectivity index (χ2n) is 13.0. The van der Waals surface area contributed by atoms with Crippen LogP contribution in [0.3, 0.4) is 0 Å². The number of allylic oxidation sites excluding steroid dienone is 9. The Morgan fingerprint density at radius 2 is 1.43 bits per heavy atom. The quantitative estimate of drug-likeness (QED) is 0.192. The third-order valence-electron chi connectivity index (χ3n) is 10.5. The molecule has 0 saturated heterocycles. The summed E-state index contributed by atoms with van der Waals surface area (Å²) in [7, 11) is 0. The van der Waals surface area contributed by atoms with Gasteiger partial charge in [0.05, 0.1) is 5.41 Å². The van der Waals surface area contributed by atoms with E-state index in [4.69, 9.17) is 6.58 Å². The van der Waals surface area contributed by atoms with Crippen molar-refractivity contribution in [1.29, 1.82) is 0 Å². The lowest BCUT2D eigenvalue weighted by Crippen LogP contribution is -2.30. The van der Waals surface area contributed by atoms with Crippen LogP contribution in [0.25, 0.3) is 33.9 Å². The van der Waals surface area contributed by atoms with Crippen molar-refractivity contribution < 1.29 is 0 Å². The van der Waals surface area contributed by atoms with Gasteiger partial charge < -0.3 is 0 Å². The first-order valence-corrected chi connectivity index (χ1v) is 16.6. The fourth-order valence-corrected chi connectivity index (χ4v) is 8.20. The van der Waals surface area contributed by atoms with Crippen molar-refractivity contribution in [2.45, 2.75) is 31.1 Å². The summed E-state index contributed by atoms with van der Waals surface area (Å²) >= 11 is 0. The molecule has 5 aromatic rings. The summed E-state index contributed by atoms with van der Waals surface area (Å²) in [6, 6.07) is 40.2. The minimum Gasteiger partial charge on any atom is -0.0985 e. The molecule has 0 fully saturated rings. The van der Waals surface area contributed by atoms with E-state index in [1.807, 2.05) is 6.08 Å². The first kappa shape index (κ1) is 29.0. The Balaban J connectivity index is 1.40. The molecule has 0 amide bonds. The minimum absolute atomic E-state index is 0.203. The van der Waals surface area contributed by atoms with Crippen LogP contribution in [0.4, 0.5) is 0 Å². The van der Waals surface area contributed by atoms with E-state index >= 15 is 0 Å². The van der Waals surface area contributed by atoms with Gasteiger partial charge in [0.15, 0.2) is 0 Å². The van der Waals surface area contributed by atoms with Crippen LogP contribution in [-0.4, -0.2) is 0 Å². The molecular formula is C47H38. The molecule has 3 unspecified atom stereocenters. The van der Waals surface area contributed by atoms with Gasteiger partial charge in [-0.25, -0.2) is 0 Å². The van der Waals surface area contributed by atoms with E-state index in [9.17, 15) is 0 Å². The van der Waals surface area contributed by atoms with Crippen molar-refractivity contribution >= 4 is 11.6 Å². The molecule has 0 N–H and O–H groups in total. The van der Waals surface area contributed by atoms with Crippen LogP contribution >= 0.6 is 0 Å². The summed E-state index contributed by atoms with van der Waals surface area (Å²) in [4.78, 5) is 0.